The number of aromatic nitrogens is 4. The van der Waals surface area contributed by atoms with E-state index < -0.39 is 11.0 Å². The minimum absolute atomic E-state index is 0.0279. The molecule has 0 atom stereocenters. The van der Waals surface area contributed by atoms with Crippen molar-refractivity contribution in [2.75, 3.05) is 18.0 Å². The lowest BCUT2D eigenvalue weighted by atomic mass is 10.1. The molecule has 0 aliphatic carbocycles. The normalized spacial score (nSPS) is 15.3. The van der Waals surface area contributed by atoms with Gasteiger partial charge in [0, 0.05) is 19.2 Å². The summed E-state index contributed by atoms with van der Waals surface area (Å²) in [5.74, 6) is 0. The Morgan fingerprint density at radius 3 is 2.79 bits per heavy atom. The van der Waals surface area contributed by atoms with Gasteiger partial charge >= 0.3 is 0 Å². The lowest BCUT2D eigenvalue weighted by Gasteiger charge is -2.37. The predicted octanol–water partition coefficient (Wildman–Crippen LogP) is -0.249. The monoisotopic (exact) mass is 262 g/mol. The number of hydrogen-bond donors (Lipinski definition) is 1. The molecular formula is C10H10N6O3. The van der Waals surface area contributed by atoms with Crippen molar-refractivity contribution in [1.82, 2.24) is 20.2 Å². The number of nitrogens with zero attached hydrogens (tertiary/aromatic N) is 6. The van der Waals surface area contributed by atoms with Crippen LogP contribution < -0.4 is 4.90 Å². The molecule has 1 aromatic carbocycles. The van der Waals surface area contributed by atoms with E-state index >= 15 is 0 Å². The lowest BCUT2D eigenvalue weighted by Crippen LogP contribution is -2.51. The highest BCUT2D eigenvalue weighted by molar-refractivity contribution is 5.67. The molecule has 1 aliphatic heterocycles. The third-order valence-electron chi connectivity index (χ3n) is 2.97. The van der Waals surface area contributed by atoms with Crippen molar-refractivity contribution in [3.05, 3.63) is 34.6 Å². The summed E-state index contributed by atoms with van der Waals surface area (Å²) in [6.07, 6.45) is 0.949. The van der Waals surface area contributed by atoms with Crippen LogP contribution in [0, 0.1) is 10.1 Å². The van der Waals surface area contributed by atoms with Gasteiger partial charge in [-0.1, -0.05) is 0 Å². The van der Waals surface area contributed by atoms with E-state index in [1.54, 1.807) is 17.0 Å². The first-order valence-electron chi connectivity index (χ1n) is 5.60. The van der Waals surface area contributed by atoms with Gasteiger partial charge in [-0.2, -0.15) is 0 Å². The zero-order valence-corrected chi connectivity index (χ0v) is 9.75. The zero-order valence-electron chi connectivity index (χ0n) is 9.75. The Balaban J connectivity index is 2.00. The molecule has 0 amide bonds. The Bertz CT molecular complexity index is 608. The van der Waals surface area contributed by atoms with Gasteiger partial charge in [0.2, 0.25) is 0 Å². The van der Waals surface area contributed by atoms with Crippen LogP contribution in [-0.4, -0.2) is 49.4 Å². The third-order valence-corrected chi connectivity index (χ3v) is 2.97. The first-order valence-corrected chi connectivity index (χ1v) is 5.60. The molecule has 9 heteroatoms. The predicted molar refractivity (Wildman–Crippen MR) is 64.0 cm³/mol. The van der Waals surface area contributed by atoms with E-state index in [4.69, 9.17) is 0 Å². The van der Waals surface area contributed by atoms with Crippen LogP contribution in [0.1, 0.15) is 0 Å². The van der Waals surface area contributed by atoms with Crippen LogP contribution in [0.3, 0.4) is 0 Å². The van der Waals surface area contributed by atoms with E-state index in [1.807, 2.05) is 0 Å². The van der Waals surface area contributed by atoms with Gasteiger partial charge in [-0.25, -0.2) is 4.68 Å². The fourth-order valence-corrected chi connectivity index (χ4v) is 2.00. The molecule has 2 aromatic rings. The van der Waals surface area contributed by atoms with Gasteiger partial charge in [-0.15, -0.1) is 5.10 Å². The lowest BCUT2D eigenvalue weighted by molar-refractivity contribution is -0.384. The highest BCUT2D eigenvalue weighted by atomic mass is 16.6. The smallest absolute Gasteiger partial charge is 0.294 e. The van der Waals surface area contributed by atoms with Crippen LogP contribution in [0.15, 0.2) is 24.5 Å². The first-order chi connectivity index (χ1) is 9.15. The molecule has 19 heavy (non-hydrogen) atoms. The fourth-order valence-electron chi connectivity index (χ4n) is 2.00. The quantitative estimate of drug-likeness (QED) is 0.599. The summed E-state index contributed by atoms with van der Waals surface area (Å²) in [6, 6.07) is 4.75. The second-order valence-electron chi connectivity index (χ2n) is 4.24. The Morgan fingerprint density at radius 1 is 1.42 bits per heavy atom. The molecule has 9 nitrogen and oxygen atoms in total. The molecule has 3 rings (SSSR count). The minimum atomic E-state index is -0.451. The highest BCUT2D eigenvalue weighted by Gasteiger charge is 2.30. The van der Waals surface area contributed by atoms with Crippen LogP contribution in [0.25, 0.3) is 5.69 Å². The van der Waals surface area contributed by atoms with Gasteiger partial charge in [0.1, 0.15) is 12.0 Å². The van der Waals surface area contributed by atoms with E-state index in [0.717, 1.165) is 0 Å². The van der Waals surface area contributed by atoms with E-state index in [1.165, 1.54) is 17.1 Å². The maximum absolute atomic E-state index is 11.1. The summed E-state index contributed by atoms with van der Waals surface area (Å²) >= 11 is 0. The van der Waals surface area contributed by atoms with Crippen molar-refractivity contribution in [2.24, 2.45) is 0 Å². The third kappa shape index (κ3) is 1.99. The van der Waals surface area contributed by atoms with Gasteiger partial charge in [0.15, 0.2) is 0 Å². The fraction of sp³-hybridized carbons (Fsp3) is 0.300. The SMILES string of the molecule is O=[N+]([O-])c1cc(-n2cnnn2)ccc1N1CC(O)C1. The molecular weight excluding hydrogens is 252 g/mol. The molecule has 1 saturated heterocycles. The van der Waals surface area contributed by atoms with Crippen molar-refractivity contribution >= 4 is 11.4 Å². The average Bonchev–Trinajstić information content (AvgIpc) is 2.88. The molecule has 0 spiro atoms. The van der Waals surface area contributed by atoms with Gasteiger partial charge in [0.25, 0.3) is 5.69 Å². The van der Waals surface area contributed by atoms with Crippen LogP contribution in [-0.2, 0) is 0 Å². The summed E-state index contributed by atoms with van der Waals surface area (Å²) in [5, 5.41) is 31.1. The Labute approximate surface area is 107 Å². The number of nitro benzene ring substituents is 1. The molecule has 0 saturated carbocycles. The van der Waals surface area contributed by atoms with Crippen LogP contribution in [0.2, 0.25) is 0 Å². The van der Waals surface area contributed by atoms with Crippen molar-refractivity contribution in [3.8, 4) is 5.69 Å². The van der Waals surface area contributed by atoms with Gasteiger partial charge < -0.3 is 10.0 Å². The number of β-amino-alcohol motifs (C(OH)–C–C–N with tert-alkyl or cyclic N) is 1. The maximum atomic E-state index is 11.1. The van der Waals surface area contributed by atoms with Gasteiger partial charge in [0.05, 0.1) is 16.7 Å². The van der Waals surface area contributed by atoms with Crippen LogP contribution in [0.4, 0.5) is 11.4 Å². The number of anilines is 1. The standard InChI is InChI=1S/C10H10N6O3/c17-8-4-14(5-8)9-2-1-7(3-10(9)16(18)19)15-6-11-12-13-15/h1-3,6,8,17H,4-5H2. The number of aliphatic hydroxyl groups excluding tert-OH is 1. The summed E-state index contributed by atoms with van der Waals surface area (Å²) in [4.78, 5) is 12.4. The van der Waals surface area contributed by atoms with Crippen molar-refractivity contribution in [3.63, 3.8) is 0 Å². The summed E-state index contributed by atoms with van der Waals surface area (Å²) in [5.41, 5.74) is 0.980. The molecule has 1 aliphatic rings. The number of nitro groups is 1. The number of aliphatic hydroxyl groups is 1. The molecule has 0 unspecified atom stereocenters. The Hall–Kier alpha value is -2.55. The first kappa shape index (κ1) is 11.5. The number of tetrazole rings is 1. The zero-order chi connectivity index (χ0) is 13.4. The second-order valence-corrected chi connectivity index (χ2v) is 4.24. The number of hydrogen-bond acceptors (Lipinski definition) is 7. The van der Waals surface area contributed by atoms with E-state index in [2.05, 4.69) is 15.5 Å². The maximum Gasteiger partial charge on any atom is 0.294 e. The van der Waals surface area contributed by atoms with Gasteiger partial charge in [-0.3, -0.25) is 10.1 Å². The van der Waals surface area contributed by atoms with Crippen LogP contribution in [0.5, 0.6) is 0 Å². The summed E-state index contributed by atoms with van der Waals surface area (Å²) < 4.78 is 1.35. The molecule has 2 heterocycles. The largest absolute Gasteiger partial charge is 0.389 e. The topological polar surface area (TPSA) is 110 Å². The van der Waals surface area contributed by atoms with E-state index in [9.17, 15) is 15.2 Å². The highest BCUT2D eigenvalue weighted by Crippen LogP contribution is 2.32. The number of rotatable bonds is 3. The van der Waals surface area contributed by atoms with Gasteiger partial charge in [-0.05, 0) is 22.6 Å². The molecule has 98 valence electrons. The Kier molecular flexibility index (Phi) is 2.60. The second kappa shape index (κ2) is 4.28. The van der Waals surface area contributed by atoms with E-state index in [0.29, 0.717) is 24.5 Å². The number of benzene rings is 1. The van der Waals surface area contributed by atoms with Crippen molar-refractivity contribution < 1.29 is 10.0 Å². The summed E-state index contributed by atoms with van der Waals surface area (Å²) in [6.45, 7) is 0.816. The average molecular weight is 262 g/mol. The van der Waals surface area contributed by atoms with Crippen LogP contribution >= 0.6 is 0 Å². The molecule has 1 aromatic heterocycles. The summed E-state index contributed by atoms with van der Waals surface area (Å²) in [7, 11) is 0. The van der Waals surface area contributed by atoms with E-state index in [-0.39, 0.29) is 5.69 Å². The molecule has 1 fully saturated rings. The van der Waals surface area contributed by atoms with Crippen molar-refractivity contribution in [1.29, 1.82) is 0 Å². The molecule has 1 N–H and O–H groups in total. The minimum Gasteiger partial charge on any atom is -0.389 e. The molecule has 0 radical (unpaired) electrons. The van der Waals surface area contributed by atoms with Crippen molar-refractivity contribution in [2.45, 2.75) is 6.10 Å². The Morgan fingerprint density at radius 2 is 2.21 bits per heavy atom. The molecule has 0 bridgehead atoms.